The molecule has 27 heavy (non-hydrogen) atoms. The van der Waals surface area contributed by atoms with Crippen LogP contribution in [0.2, 0.25) is 0 Å². The van der Waals surface area contributed by atoms with E-state index in [1.54, 1.807) is 36.3 Å². The first-order valence-electron chi connectivity index (χ1n) is 8.76. The third kappa shape index (κ3) is 4.39. The minimum atomic E-state index is -0.556. The van der Waals surface area contributed by atoms with Gasteiger partial charge in [0.1, 0.15) is 11.4 Å². The van der Waals surface area contributed by atoms with Crippen LogP contribution in [0.5, 0.6) is 5.75 Å². The normalized spacial score (nSPS) is 13.7. The first-order chi connectivity index (χ1) is 12.8. The van der Waals surface area contributed by atoms with Crippen LogP contribution in [-0.4, -0.2) is 46.4 Å². The van der Waals surface area contributed by atoms with Gasteiger partial charge in [0.2, 0.25) is 0 Å². The van der Waals surface area contributed by atoms with Gasteiger partial charge in [0, 0.05) is 29.8 Å². The average Bonchev–Trinajstić information content (AvgIpc) is 3.02. The summed E-state index contributed by atoms with van der Waals surface area (Å²) in [5.74, 6) is 0.831. The van der Waals surface area contributed by atoms with Crippen LogP contribution in [-0.2, 0) is 17.7 Å². The maximum atomic E-state index is 12.5. The van der Waals surface area contributed by atoms with E-state index in [4.69, 9.17) is 9.47 Å². The molecule has 0 aliphatic carbocycles. The largest absolute Gasteiger partial charge is 0.497 e. The number of hydrogen-bond acceptors (Lipinski definition) is 5. The van der Waals surface area contributed by atoms with Crippen LogP contribution in [0.1, 0.15) is 42.4 Å². The number of nitrogens with one attached hydrogen (secondary N) is 2. The summed E-state index contributed by atoms with van der Waals surface area (Å²) in [6.07, 6.45) is 0.252. The number of nitrogens with zero attached hydrogens (tertiary/aromatic N) is 2. The van der Waals surface area contributed by atoms with Gasteiger partial charge < -0.3 is 19.7 Å². The van der Waals surface area contributed by atoms with Crippen LogP contribution in [0.25, 0.3) is 0 Å². The Morgan fingerprint density at radius 1 is 1.22 bits per heavy atom. The van der Waals surface area contributed by atoms with Gasteiger partial charge >= 0.3 is 6.09 Å². The predicted octanol–water partition coefficient (Wildman–Crippen LogP) is 2.96. The van der Waals surface area contributed by atoms with E-state index in [0.29, 0.717) is 36.6 Å². The van der Waals surface area contributed by atoms with Crippen molar-refractivity contribution in [1.29, 1.82) is 0 Å². The van der Waals surface area contributed by atoms with Gasteiger partial charge in [-0.05, 0) is 45.0 Å². The quantitative estimate of drug-likeness (QED) is 0.863. The van der Waals surface area contributed by atoms with Gasteiger partial charge in [0.05, 0.1) is 13.7 Å². The van der Waals surface area contributed by atoms with Crippen molar-refractivity contribution in [2.45, 2.75) is 39.3 Å². The number of ether oxygens (including phenoxy) is 2. The minimum Gasteiger partial charge on any atom is -0.497 e. The fourth-order valence-corrected chi connectivity index (χ4v) is 2.80. The van der Waals surface area contributed by atoms with E-state index in [9.17, 15) is 9.59 Å². The smallest absolute Gasteiger partial charge is 0.410 e. The Hall–Kier alpha value is -3.03. The molecule has 0 atom stereocenters. The molecule has 1 aromatic heterocycles. The number of methoxy groups -OCH3 is 1. The molecule has 0 saturated heterocycles. The fraction of sp³-hybridized carbons (Fsp3) is 0.421. The number of carbonyl (C=O) groups excluding carboxylic acids is 2. The number of benzene rings is 1. The summed E-state index contributed by atoms with van der Waals surface area (Å²) < 4.78 is 10.5. The molecule has 2 amide bonds. The number of anilines is 1. The third-order valence-electron chi connectivity index (χ3n) is 4.17. The van der Waals surface area contributed by atoms with Crippen molar-refractivity contribution >= 4 is 17.8 Å². The molecule has 0 bridgehead atoms. The van der Waals surface area contributed by atoms with E-state index in [1.807, 2.05) is 20.8 Å². The molecule has 8 heteroatoms. The zero-order chi connectivity index (χ0) is 19.6. The first kappa shape index (κ1) is 18.8. The molecule has 8 nitrogen and oxygen atoms in total. The lowest BCUT2D eigenvalue weighted by molar-refractivity contribution is 0.0224. The number of fused-ring (bicyclic) bond motifs is 1. The predicted molar refractivity (Wildman–Crippen MR) is 99.9 cm³/mol. The SMILES string of the molecule is COc1ccc(C(=O)Nc2n[nH]c3c2CN(C(=O)OC(C)(C)C)CC3)cc1. The molecule has 0 unspecified atom stereocenters. The average molecular weight is 372 g/mol. The number of aromatic nitrogens is 2. The maximum Gasteiger partial charge on any atom is 0.410 e. The molecule has 1 aliphatic rings. The van der Waals surface area contributed by atoms with Crippen molar-refractivity contribution in [1.82, 2.24) is 15.1 Å². The standard InChI is InChI=1S/C19H24N4O4/c1-19(2,3)27-18(25)23-10-9-15-14(11-23)16(22-21-15)20-17(24)12-5-7-13(26-4)8-6-12/h5-8H,9-11H2,1-4H3,(H2,20,21,22,24). The van der Waals surface area contributed by atoms with Gasteiger partial charge in [0.25, 0.3) is 5.91 Å². The highest BCUT2D eigenvalue weighted by atomic mass is 16.6. The van der Waals surface area contributed by atoms with E-state index in [1.165, 1.54) is 0 Å². The van der Waals surface area contributed by atoms with Crippen LogP contribution >= 0.6 is 0 Å². The molecule has 2 aromatic rings. The molecule has 1 aromatic carbocycles. The highest BCUT2D eigenvalue weighted by Crippen LogP contribution is 2.25. The Labute approximate surface area is 157 Å². The maximum absolute atomic E-state index is 12.5. The molecule has 1 aliphatic heterocycles. The van der Waals surface area contributed by atoms with Gasteiger partial charge in [-0.1, -0.05) is 0 Å². The highest BCUT2D eigenvalue weighted by molar-refractivity contribution is 6.04. The van der Waals surface area contributed by atoms with Crippen molar-refractivity contribution in [2.24, 2.45) is 0 Å². The number of aromatic amines is 1. The molecular weight excluding hydrogens is 348 g/mol. The molecule has 3 rings (SSSR count). The van der Waals surface area contributed by atoms with Crippen LogP contribution in [0.15, 0.2) is 24.3 Å². The van der Waals surface area contributed by atoms with Crippen molar-refractivity contribution in [2.75, 3.05) is 19.0 Å². The molecule has 144 valence electrons. The number of rotatable bonds is 3. The van der Waals surface area contributed by atoms with E-state index in [-0.39, 0.29) is 12.0 Å². The Kier molecular flexibility index (Phi) is 5.07. The lowest BCUT2D eigenvalue weighted by atomic mass is 10.1. The third-order valence-corrected chi connectivity index (χ3v) is 4.17. The second-order valence-electron chi connectivity index (χ2n) is 7.36. The molecule has 0 radical (unpaired) electrons. The van der Waals surface area contributed by atoms with Gasteiger partial charge in [-0.15, -0.1) is 0 Å². The summed E-state index contributed by atoms with van der Waals surface area (Å²) in [5, 5.41) is 9.96. The van der Waals surface area contributed by atoms with Crippen LogP contribution in [0, 0.1) is 0 Å². The monoisotopic (exact) mass is 372 g/mol. The Morgan fingerprint density at radius 2 is 1.93 bits per heavy atom. The topological polar surface area (TPSA) is 96.5 Å². The van der Waals surface area contributed by atoms with Gasteiger partial charge in [0.15, 0.2) is 5.82 Å². The fourth-order valence-electron chi connectivity index (χ4n) is 2.80. The summed E-state index contributed by atoms with van der Waals surface area (Å²) in [5.41, 5.74) is 1.65. The number of carbonyl (C=O) groups is 2. The number of hydrogen-bond donors (Lipinski definition) is 2. The second kappa shape index (κ2) is 7.30. The van der Waals surface area contributed by atoms with Crippen molar-refractivity contribution in [3.05, 3.63) is 41.1 Å². The van der Waals surface area contributed by atoms with E-state index in [2.05, 4.69) is 15.5 Å². The van der Waals surface area contributed by atoms with E-state index < -0.39 is 5.60 Å². The van der Waals surface area contributed by atoms with Crippen molar-refractivity contribution < 1.29 is 19.1 Å². The summed E-state index contributed by atoms with van der Waals surface area (Å²) >= 11 is 0. The number of H-pyrrole nitrogens is 1. The Balaban J connectivity index is 1.72. The second-order valence-corrected chi connectivity index (χ2v) is 7.36. The van der Waals surface area contributed by atoms with E-state index in [0.717, 1.165) is 11.3 Å². The van der Waals surface area contributed by atoms with Crippen LogP contribution in [0.3, 0.4) is 0 Å². The molecule has 2 N–H and O–H groups in total. The summed E-state index contributed by atoms with van der Waals surface area (Å²) in [4.78, 5) is 26.4. The van der Waals surface area contributed by atoms with E-state index >= 15 is 0 Å². The molecule has 0 saturated carbocycles. The Morgan fingerprint density at radius 3 is 2.56 bits per heavy atom. The van der Waals surface area contributed by atoms with Gasteiger partial charge in [-0.3, -0.25) is 9.89 Å². The summed E-state index contributed by atoms with van der Waals surface area (Å²) in [6, 6.07) is 6.80. The molecule has 2 heterocycles. The molecular formula is C19H24N4O4. The highest BCUT2D eigenvalue weighted by Gasteiger charge is 2.29. The first-order valence-corrected chi connectivity index (χ1v) is 8.76. The summed E-state index contributed by atoms with van der Waals surface area (Å²) in [6.45, 7) is 6.37. The zero-order valence-corrected chi connectivity index (χ0v) is 16.0. The van der Waals surface area contributed by atoms with Crippen molar-refractivity contribution in [3.63, 3.8) is 0 Å². The Bertz CT molecular complexity index is 836. The van der Waals surface area contributed by atoms with Crippen LogP contribution in [0.4, 0.5) is 10.6 Å². The van der Waals surface area contributed by atoms with Gasteiger partial charge in [-0.25, -0.2) is 4.79 Å². The summed E-state index contributed by atoms with van der Waals surface area (Å²) in [7, 11) is 1.57. The van der Waals surface area contributed by atoms with Crippen LogP contribution < -0.4 is 10.1 Å². The number of amides is 2. The van der Waals surface area contributed by atoms with Crippen molar-refractivity contribution in [3.8, 4) is 5.75 Å². The molecule has 0 spiro atoms. The zero-order valence-electron chi connectivity index (χ0n) is 16.0. The lowest BCUT2D eigenvalue weighted by Crippen LogP contribution is -2.40. The lowest BCUT2D eigenvalue weighted by Gasteiger charge is -2.30. The minimum absolute atomic E-state index is 0.277. The van der Waals surface area contributed by atoms with Gasteiger partial charge in [-0.2, -0.15) is 5.10 Å². The molecule has 0 fully saturated rings.